The summed E-state index contributed by atoms with van der Waals surface area (Å²) >= 11 is 0. The Morgan fingerprint density at radius 3 is 2.00 bits per heavy atom. The molecule has 1 amide bonds. The second-order valence-corrected chi connectivity index (χ2v) is 5.94. The van der Waals surface area contributed by atoms with Gasteiger partial charge in [0.25, 0.3) is 0 Å². The molecule has 0 radical (unpaired) electrons. The van der Waals surface area contributed by atoms with Crippen LogP contribution in [-0.2, 0) is 4.74 Å². The van der Waals surface area contributed by atoms with Gasteiger partial charge in [0.05, 0.1) is 0 Å². The van der Waals surface area contributed by atoms with Crippen molar-refractivity contribution in [2.24, 2.45) is 0 Å². The predicted octanol–water partition coefficient (Wildman–Crippen LogP) is 3.96. The van der Waals surface area contributed by atoms with Crippen LogP contribution >= 0.6 is 0 Å². The van der Waals surface area contributed by atoms with Crippen LogP contribution in [0.25, 0.3) is 0 Å². The van der Waals surface area contributed by atoms with Gasteiger partial charge >= 0.3 is 6.09 Å². The van der Waals surface area contributed by atoms with Crippen molar-refractivity contribution < 1.29 is 9.53 Å². The minimum absolute atomic E-state index is 0.129. The van der Waals surface area contributed by atoms with E-state index in [9.17, 15) is 4.79 Å². The number of likely N-dealkylation sites (tertiary alicyclic amines) is 1. The smallest absolute Gasteiger partial charge is 0.410 e. The van der Waals surface area contributed by atoms with Gasteiger partial charge in [0.15, 0.2) is 0 Å². The molecule has 1 aliphatic heterocycles. The van der Waals surface area contributed by atoms with Crippen LogP contribution in [0.5, 0.6) is 0 Å². The lowest BCUT2D eigenvalue weighted by molar-refractivity contribution is -0.00662. The van der Waals surface area contributed by atoms with Gasteiger partial charge in [-0.1, -0.05) is 13.8 Å². The molecule has 1 heterocycles. The Morgan fingerprint density at radius 2 is 1.65 bits per heavy atom. The number of hydrogen-bond acceptors (Lipinski definition) is 2. The number of nitrogens with zero attached hydrogens (tertiary/aromatic N) is 1. The third-order valence-electron chi connectivity index (χ3n) is 3.41. The van der Waals surface area contributed by atoms with Gasteiger partial charge < -0.3 is 9.64 Å². The summed E-state index contributed by atoms with van der Waals surface area (Å²) in [6, 6.07) is 0.729. The molecule has 1 rings (SSSR count). The SMILES string of the molecule is CCC1CCCC(CC)N1C(=O)OC(C)(C)C. The molecular formula is C14H27NO2. The molecule has 1 saturated heterocycles. The van der Waals surface area contributed by atoms with Crippen molar-refractivity contribution in [1.29, 1.82) is 0 Å². The normalized spacial score (nSPS) is 25.8. The Kier molecular flexibility index (Phi) is 4.84. The van der Waals surface area contributed by atoms with Crippen molar-refractivity contribution in [3.05, 3.63) is 0 Å². The monoisotopic (exact) mass is 241 g/mol. The molecule has 0 bridgehead atoms. The molecule has 17 heavy (non-hydrogen) atoms. The summed E-state index contributed by atoms with van der Waals surface area (Å²) in [6.07, 6.45) is 5.39. The first-order valence-electron chi connectivity index (χ1n) is 6.90. The van der Waals surface area contributed by atoms with Crippen molar-refractivity contribution >= 4 is 6.09 Å². The zero-order valence-electron chi connectivity index (χ0n) is 12.0. The maximum Gasteiger partial charge on any atom is 0.410 e. The van der Waals surface area contributed by atoms with Crippen LogP contribution in [0.2, 0.25) is 0 Å². The van der Waals surface area contributed by atoms with Gasteiger partial charge in [0.2, 0.25) is 0 Å². The molecule has 0 N–H and O–H groups in total. The van der Waals surface area contributed by atoms with E-state index in [0.717, 1.165) is 25.7 Å². The molecule has 0 aromatic rings. The maximum absolute atomic E-state index is 12.3. The molecular weight excluding hydrogens is 214 g/mol. The second kappa shape index (κ2) is 5.74. The average molecular weight is 241 g/mol. The lowest BCUT2D eigenvalue weighted by Gasteiger charge is -2.42. The Hall–Kier alpha value is -0.730. The summed E-state index contributed by atoms with van der Waals surface area (Å²) in [6.45, 7) is 10.1. The van der Waals surface area contributed by atoms with Crippen LogP contribution in [0.1, 0.15) is 66.7 Å². The topological polar surface area (TPSA) is 29.5 Å². The van der Waals surface area contributed by atoms with Gasteiger partial charge in [0.1, 0.15) is 5.60 Å². The van der Waals surface area contributed by atoms with Gasteiger partial charge in [-0.25, -0.2) is 4.79 Å². The molecule has 0 aromatic carbocycles. The number of hydrogen-bond donors (Lipinski definition) is 0. The van der Waals surface area contributed by atoms with E-state index in [2.05, 4.69) is 13.8 Å². The molecule has 3 heteroatoms. The largest absolute Gasteiger partial charge is 0.444 e. The van der Waals surface area contributed by atoms with Crippen LogP contribution in [0, 0.1) is 0 Å². The molecule has 0 aromatic heterocycles. The molecule has 2 atom stereocenters. The van der Waals surface area contributed by atoms with Crippen molar-refractivity contribution in [2.75, 3.05) is 0 Å². The number of amides is 1. The zero-order valence-corrected chi connectivity index (χ0v) is 12.0. The van der Waals surface area contributed by atoms with Gasteiger partial charge in [0, 0.05) is 12.1 Å². The van der Waals surface area contributed by atoms with E-state index in [1.54, 1.807) is 0 Å². The second-order valence-electron chi connectivity index (χ2n) is 5.94. The molecule has 0 saturated carbocycles. The van der Waals surface area contributed by atoms with Gasteiger partial charge in [-0.05, 0) is 52.9 Å². The van der Waals surface area contributed by atoms with Crippen LogP contribution in [0.3, 0.4) is 0 Å². The molecule has 100 valence electrons. The van der Waals surface area contributed by atoms with E-state index in [0.29, 0.717) is 12.1 Å². The predicted molar refractivity (Wildman–Crippen MR) is 70.1 cm³/mol. The van der Waals surface area contributed by atoms with Crippen molar-refractivity contribution in [2.45, 2.75) is 84.4 Å². The van der Waals surface area contributed by atoms with Crippen LogP contribution in [0.4, 0.5) is 4.79 Å². The van der Waals surface area contributed by atoms with Gasteiger partial charge in [-0.2, -0.15) is 0 Å². The number of carbonyl (C=O) groups is 1. The fraction of sp³-hybridized carbons (Fsp3) is 0.929. The summed E-state index contributed by atoms with van der Waals surface area (Å²) in [5.74, 6) is 0. The summed E-state index contributed by atoms with van der Waals surface area (Å²) in [7, 11) is 0. The highest BCUT2D eigenvalue weighted by molar-refractivity contribution is 5.69. The zero-order chi connectivity index (χ0) is 13.1. The van der Waals surface area contributed by atoms with Crippen LogP contribution in [-0.4, -0.2) is 28.7 Å². The van der Waals surface area contributed by atoms with Crippen LogP contribution in [0.15, 0.2) is 0 Å². The highest BCUT2D eigenvalue weighted by atomic mass is 16.6. The number of carbonyl (C=O) groups excluding carboxylic acids is 1. The first-order chi connectivity index (χ1) is 7.89. The number of rotatable bonds is 2. The first-order valence-corrected chi connectivity index (χ1v) is 6.90. The third kappa shape index (κ3) is 3.90. The van der Waals surface area contributed by atoms with Crippen molar-refractivity contribution in [1.82, 2.24) is 4.90 Å². The van der Waals surface area contributed by atoms with Gasteiger partial charge in [-0.3, -0.25) is 0 Å². The molecule has 0 aliphatic carbocycles. The van der Waals surface area contributed by atoms with E-state index < -0.39 is 5.60 Å². The number of ether oxygens (including phenoxy) is 1. The molecule has 1 aliphatic rings. The Balaban J connectivity index is 2.76. The Labute approximate surface area is 106 Å². The van der Waals surface area contributed by atoms with Crippen molar-refractivity contribution in [3.63, 3.8) is 0 Å². The fourth-order valence-electron chi connectivity index (χ4n) is 2.58. The quantitative estimate of drug-likeness (QED) is 0.732. The van der Waals surface area contributed by atoms with E-state index >= 15 is 0 Å². The Bertz CT molecular complexity index is 245. The van der Waals surface area contributed by atoms with Crippen LogP contribution < -0.4 is 0 Å². The maximum atomic E-state index is 12.3. The highest BCUT2D eigenvalue weighted by Crippen LogP contribution is 2.28. The summed E-state index contributed by atoms with van der Waals surface area (Å²) in [4.78, 5) is 14.3. The molecule has 1 fully saturated rings. The van der Waals surface area contributed by atoms with E-state index in [-0.39, 0.29) is 6.09 Å². The van der Waals surface area contributed by atoms with Gasteiger partial charge in [-0.15, -0.1) is 0 Å². The Morgan fingerprint density at radius 1 is 1.18 bits per heavy atom. The molecule has 3 nitrogen and oxygen atoms in total. The minimum Gasteiger partial charge on any atom is -0.444 e. The van der Waals surface area contributed by atoms with E-state index in [1.165, 1.54) is 6.42 Å². The summed E-state index contributed by atoms with van der Waals surface area (Å²) < 4.78 is 5.53. The molecule has 0 spiro atoms. The first kappa shape index (κ1) is 14.3. The standard InChI is InChI=1S/C14H27NO2/c1-6-11-9-8-10-12(7-2)15(11)13(16)17-14(3,4)5/h11-12H,6-10H2,1-5H3. The van der Waals surface area contributed by atoms with E-state index in [4.69, 9.17) is 4.74 Å². The fourth-order valence-corrected chi connectivity index (χ4v) is 2.58. The average Bonchev–Trinajstić information content (AvgIpc) is 2.25. The van der Waals surface area contributed by atoms with Crippen molar-refractivity contribution in [3.8, 4) is 0 Å². The highest BCUT2D eigenvalue weighted by Gasteiger charge is 2.34. The number of piperidine rings is 1. The summed E-state index contributed by atoms with van der Waals surface area (Å²) in [5.41, 5.74) is -0.398. The third-order valence-corrected chi connectivity index (χ3v) is 3.41. The lowest BCUT2D eigenvalue weighted by atomic mass is 9.93. The lowest BCUT2D eigenvalue weighted by Crippen LogP contribution is -2.51. The molecule has 2 unspecified atom stereocenters. The summed E-state index contributed by atoms with van der Waals surface area (Å²) in [5, 5.41) is 0. The van der Waals surface area contributed by atoms with E-state index in [1.807, 2.05) is 25.7 Å². The minimum atomic E-state index is -0.398.